The predicted molar refractivity (Wildman–Crippen MR) is 58.3 cm³/mol. The van der Waals surface area contributed by atoms with Crippen molar-refractivity contribution in [3.05, 3.63) is 35.0 Å². The second-order valence-electron chi connectivity index (χ2n) is 3.81. The van der Waals surface area contributed by atoms with Gasteiger partial charge in [0.2, 0.25) is 0 Å². The van der Waals surface area contributed by atoms with Crippen LogP contribution in [0, 0.1) is 13.8 Å². The van der Waals surface area contributed by atoms with E-state index in [2.05, 4.69) is 36.6 Å². The molecule has 1 heterocycles. The van der Waals surface area contributed by atoms with Crippen molar-refractivity contribution in [2.24, 2.45) is 7.05 Å². The quantitative estimate of drug-likeness (QED) is 0.731. The van der Waals surface area contributed by atoms with E-state index in [1.165, 1.54) is 22.0 Å². The zero-order valence-electron chi connectivity index (χ0n) is 8.83. The van der Waals surface area contributed by atoms with E-state index in [1.54, 1.807) is 0 Å². The second-order valence-corrected chi connectivity index (χ2v) is 3.81. The molecule has 0 aliphatic heterocycles. The molecule has 1 aromatic heterocycles. The first-order valence-electron chi connectivity index (χ1n) is 4.80. The Morgan fingerprint density at radius 2 is 2.00 bits per heavy atom. The first kappa shape index (κ1) is 9.28. The van der Waals surface area contributed by atoms with E-state index in [0.717, 1.165) is 5.69 Å². The molecule has 0 spiro atoms. The molecule has 0 amide bonds. The van der Waals surface area contributed by atoms with E-state index >= 15 is 0 Å². The van der Waals surface area contributed by atoms with Crippen LogP contribution in [0.4, 0.5) is 0 Å². The van der Waals surface area contributed by atoms with Gasteiger partial charge in [0.15, 0.2) is 0 Å². The first-order valence-corrected chi connectivity index (χ1v) is 4.80. The van der Waals surface area contributed by atoms with Crippen LogP contribution in [-0.4, -0.2) is 9.67 Å². The number of hydrogen-bond donors (Lipinski definition) is 1. The van der Waals surface area contributed by atoms with Gasteiger partial charge in [0, 0.05) is 23.6 Å². The highest BCUT2D eigenvalue weighted by molar-refractivity contribution is 5.85. The van der Waals surface area contributed by atoms with Gasteiger partial charge in [-0.05, 0) is 31.0 Å². The molecule has 0 bridgehead atoms. The lowest BCUT2D eigenvalue weighted by Crippen LogP contribution is -1.96. The normalized spacial score (nSPS) is 11.1. The zero-order valence-corrected chi connectivity index (χ0v) is 8.83. The minimum absolute atomic E-state index is 0.107. The molecule has 2 heteroatoms. The van der Waals surface area contributed by atoms with Crippen molar-refractivity contribution in [3.8, 4) is 0 Å². The van der Waals surface area contributed by atoms with Gasteiger partial charge in [-0.2, -0.15) is 0 Å². The molecule has 0 fully saturated rings. The number of aliphatic hydroxyl groups is 1. The van der Waals surface area contributed by atoms with E-state index in [9.17, 15) is 5.11 Å². The first-order chi connectivity index (χ1) is 6.65. The van der Waals surface area contributed by atoms with E-state index in [4.69, 9.17) is 0 Å². The average Bonchev–Trinajstić information content (AvgIpc) is 2.39. The van der Waals surface area contributed by atoms with Gasteiger partial charge in [0.25, 0.3) is 0 Å². The molecular weight excluding hydrogens is 174 g/mol. The van der Waals surface area contributed by atoms with Gasteiger partial charge in [0.1, 0.15) is 0 Å². The highest BCUT2D eigenvalue weighted by Gasteiger charge is 2.09. The molecule has 2 rings (SSSR count). The third-order valence-electron chi connectivity index (χ3n) is 2.91. The largest absolute Gasteiger partial charge is 0.390 e. The maximum Gasteiger partial charge on any atom is 0.0835 e. The molecule has 2 aromatic rings. The van der Waals surface area contributed by atoms with Crippen LogP contribution in [0.5, 0.6) is 0 Å². The van der Waals surface area contributed by atoms with Crippen molar-refractivity contribution in [2.75, 3.05) is 0 Å². The highest BCUT2D eigenvalue weighted by Crippen LogP contribution is 2.25. The van der Waals surface area contributed by atoms with Crippen molar-refractivity contribution < 1.29 is 5.11 Å². The molecule has 1 N–H and O–H groups in total. The lowest BCUT2D eigenvalue weighted by molar-refractivity contribution is 0.272. The van der Waals surface area contributed by atoms with Crippen LogP contribution < -0.4 is 0 Å². The van der Waals surface area contributed by atoms with Gasteiger partial charge in [-0.15, -0.1) is 0 Å². The van der Waals surface area contributed by atoms with Gasteiger partial charge in [-0.25, -0.2) is 0 Å². The average molecular weight is 189 g/mol. The molecule has 0 aliphatic carbocycles. The number of aliphatic hydroxyl groups excluding tert-OH is 1. The number of hydrogen-bond acceptors (Lipinski definition) is 1. The van der Waals surface area contributed by atoms with Crippen molar-refractivity contribution in [1.82, 2.24) is 4.57 Å². The Hall–Kier alpha value is -1.28. The third kappa shape index (κ3) is 1.15. The summed E-state index contributed by atoms with van der Waals surface area (Å²) >= 11 is 0. The molecule has 0 aliphatic rings. The Balaban J connectivity index is 2.87. The van der Waals surface area contributed by atoms with Crippen molar-refractivity contribution in [1.29, 1.82) is 0 Å². The Morgan fingerprint density at radius 3 is 2.64 bits per heavy atom. The predicted octanol–water partition coefficient (Wildman–Crippen LogP) is 2.29. The fourth-order valence-corrected chi connectivity index (χ4v) is 2.01. The lowest BCUT2D eigenvalue weighted by atomic mass is 10.1. The third-order valence-corrected chi connectivity index (χ3v) is 2.91. The van der Waals surface area contributed by atoms with Crippen molar-refractivity contribution >= 4 is 10.9 Å². The number of nitrogens with zero attached hydrogens (tertiary/aromatic N) is 1. The van der Waals surface area contributed by atoms with Crippen LogP contribution in [-0.2, 0) is 13.7 Å². The molecule has 1 aromatic carbocycles. The summed E-state index contributed by atoms with van der Waals surface area (Å²) in [4.78, 5) is 0. The summed E-state index contributed by atoms with van der Waals surface area (Å²) < 4.78 is 2.07. The highest BCUT2D eigenvalue weighted by atomic mass is 16.3. The number of aryl methyl sites for hydroxylation is 3. The summed E-state index contributed by atoms with van der Waals surface area (Å²) in [6, 6.07) is 6.39. The van der Waals surface area contributed by atoms with E-state index < -0.39 is 0 Å². The minimum atomic E-state index is 0.107. The van der Waals surface area contributed by atoms with E-state index in [-0.39, 0.29) is 6.61 Å². The molecule has 0 atom stereocenters. The van der Waals surface area contributed by atoms with Crippen LogP contribution in [0.25, 0.3) is 10.9 Å². The Kier molecular flexibility index (Phi) is 2.08. The van der Waals surface area contributed by atoms with Crippen molar-refractivity contribution in [3.63, 3.8) is 0 Å². The van der Waals surface area contributed by atoms with Crippen LogP contribution >= 0.6 is 0 Å². The van der Waals surface area contributed by atoms with Gasteiger partial charge in [-0.3, -0.25) is 0 Å². The number of benzene rings is 1. The fraction of sp³-hybridized carbons (Fsp3) is 0.333. The van der Waals surface area contributed by atoms with E-state index in [1.807, 2.05) is 7.05 Å². The monoisotopic (exact) mass is 189 g/mol. The molecule has 0 radical (unpaired) electrons. The number of aromatic nitrogens is 1. The Labute approximate surface area is 83.8 Å². The molecule has 74 valence electrons. The second kappa shape index (κ2) is 3.14. The number of rotatable bonds is 1. The molecular formula is C12H15NO. The standard InChI is InChI=1S/C12H15NO/c1-8-4-5-10-9(2)12(7-14)13(3)11(10)6-8/h4-6,14H,7H2,1-3H3. The molecule has 0 unspecified atom stereocenters. The van der Waals surface area contributed by atoms with E-state index in [0.29, 0.717) is 0 Å². The summed E-state index contributed by atoms with van der Waals surface area (Å²) in [7, 11) is 2.00. The minimum Gasteiger partial charge on any atom is -0.390 e. The Morgan fingerprint density at radius 1 is 1.29 bits per heavy atom. The lowest BCUT2D eigenvalue weighted by Gasteiger charge is -2.01. The maximum atomic E-state index is 9.25. The van der Waals surface area contributed by atoms with Crippen LogP contribution in [0.2, 0.25) is 0 Å². The summed E-state index contributed by atoms with van der Waals surface area (Å²) in [6.45, 7) is 4.25. The number of fused-ring (bicyclic) bond motifs is 1. The van der Waals surface area contributed by atoms with Gasteiger partial charge < -0.3 is 9.67 Å². The molecule has 14 heavy (non-hydrogen) atoms. The van der Waals surface area contributed by atoms with Crippen LogP contribution in [0.1, 0.15) is 16.8 Å². The topological polar surface area (TPSA) is 25.2 Å². The molecule has 2 nitrogen and oxygen atoms in total. The molecule has 0 saturated heterocycles. The molecule has 0 saturated carbocycles. The van der Waals surface area contributed by atoms with Crippen molar-refractivity contribution in [2.45, 2.75) is 20.5 Å². The SMILES string of the molecule is Cc1ccc2c(C)c(CO)n(C)c2c1. The van der Waals surface area contributed by atoms with Crippen LogP contribution in [0.3, 0.4) is 0 Å². The smallest absolute Gasteiger partial charge is 0.0835 e. The van der Waals surface area contributed by atoms with Gasteiger partial charge in [-0.1, -0.05) is 12.1 Å². The summed E-state index contributed by atoms with van der Waals surface area (Å²) in [5, 5.41) is 10.5. The summed E-state index contributed by atoms with van der Waals surface area (Å²) in [5.74, 6) is 0. The fourth-order valence-electron chi connectivity index (χ4n) is 2.01. The van der Waals surface area contributed by atoms with Gasteiger partial charge in [0.05, 0.1) is 6.61 Å². The summed E-state index contributed by atoms with van der Waals surface area (Å²) in [5.41, 5.74) is 4.64. The maximum absolute atomic E-state index is 9.25. The zero-order chi connectivity index (χ0) is 10.3. The van der Waals surface area contributed by atoms with Gasteiger partial charge >= 0.3 is 0 Å². The van der Waals surface area contributed by atoms with Crippen LogP contribution in [0.15, 0.2) is 18.2 Å². The summed E-state index contributed by atoms with van der Waals surface area (Å²) in [6.07, 6.45) is 0. The Bertz CT molecular complexity index is 483.